The number of rotatable bonds is 7. The van der Waals surface area contributed by atoms with Crippen LogP contribution in [0.2, 0.25) is 0 Å². The van der Waals surface area contributed by atoms with Gasteiger partial charge in [-0.15, -0.1) is 0 Å². The number of hydrogen-bond donors (Lipinski definition) is 1. The van der Waals surface area contributed by atoms with Crippen molar-refractivity contribution in [2.24, 2.45) is 0 Å². The van der Waals surface area contributed by atoms with Gasteiger partial charge >= 0.3 is 6.09 Å². The molecule has 1 aliphatic heterocycles. The maximum absolute atomic E-state index is 13.3. The summed E-state index contributed by atoms with van der Waals surface area (Å²) < 4.78 is 44.5. The number of sulfone groups is 1. The van der Waals surface area contributed by atoms with E-state index in [1.54, 1.807) is 24.4 Å². The number of aryl methyl sites for hydroxylation is 1. The lowest BCUT2D eigenvalue weighted by Gasteiger charge is -2.42. The Morgan fingerprint density at radius 2 is 1.75 bits per heavy atom. The van der Waals surface area contributed by atoms with Gasteiger partial charge in [-0.3, -0.25) is 13.8 Å². The van der Waals surface area contributed by atoms with Crippen molar-refractivity contribution in [1.82, 2.24) is 9.47 Å². The molecule has 2 heterocycles. The molecular weight excluding hydrogens is 487 g/mol. The minimum Gasteiger partial charge on any atom is -0.482 e. The first-order chi connectivity index (χ1) is 17.1. The summed E-state index contributed by atoms with van der Waals surface area (Å²) in [6, 6.07) is 16.3. The van der Waals surface area contributed by atoms with Crippen molar-refractivity contribution in [1.29, 1.82) is 0 Å². The number of halogens is 1. The first kappa shape index (κ1) is 25.4. The van der Waals surface area contributed by atoms with Crippen LogP contribution in [0.5, 0.6) is 5.75 Å². The molecule has 1 amide bonds. The highest BCUT2D eigenvalue weighted by Gasteiger charge is 2.41. The number of likely N-dealkylation sites (tertiary alicyclic amines) is 1. The predicted octanol–water partition coefficient (Wildman–Crippen LogP) is 3.80. The summed E-state index contributed by atoms with van der Waals surface area (Å²) in [5, 5.41) is 9.40. The normalized spacial score (nSPS) is 15.4. The molecule has 1 fully saturated rings. The number of nitrogens with zero attached hydrogens (tertiary/aromatic N) is 2. The second kappa shape index (κ2) is 10.1. The van der Waals surface area contributed by atoms with Crippen molar-refractivity contribution < 1.29 is 27.4 Å². The standard InChI is InChI=1S/C26H27FN2O6S/c1-36(33,34)22-8-6-20(7-9-22)29-15-11-21(18-24(29)30)35-26(12-16-28(17-13-26)25(31)32)23-5-3-2-4-19(23)10-14-27/h2-9,11,15,18H,10,12-14,16-17H2,1H3,(H,31,32). The summed E-state index contributed by atoms with van der Waals surface area (Å²) in [5.41, 5.74) is 0.760. The number of pyridine rings is 1. The van der Waals surface area contributed by atoms with Gasteiger partial charge in [0.25, 0.3) is 5.56 Å². The Morgan fingerprint density at radius 1 is 1.08 bits per heavy atom. The number of piperidine rings is 1. The summed E-state index contributed by atoms with van der Waals surface area (Å²) in [6.45, 7) is -0.0609. The van der Waals surface area contributed by atoms with E-state index in [4.69, 9.17) is 4.74 Å². The molecule has 10 heteroatoms. The van der Waals surface area contributed by atoms with Crippen molar-refractivity contribution in [3.05, 3.63) is 88.3 Å². The van der Waals surface area contributed by atoms with Gasteiger partial charge in [-0.1, -0.05) is 24.3 Å². The van der Waals surface area contributed by atoms with Gasteiger partial charge in [0.2, 0.25) is 0 Å². The Morgan fingerprint density at radius 3 is 2.33 bits per heavy atom. The largest absolute Gasteiger partial charge is 0.482 e. The van der Waals surface area contributed by atoms with Crippen molar-refractivity contribution >= 4 is 15.9 Å². The fourth-order valence-electron chi connectivity index (χ4n) is 4.59. The number of amides is 1. The van der Waals surface area contributed by atoms with Gasteiger partial charge in [0, 0.05) is 56.6 Å². The molecule has 2 aromatic carbocycles. The molecule has 0 atom stereocenters. The Balaban J connectivity index is 1.67. The molecule has 0 saturated carbocycles. The van der Waals surface area contributed by atoms with Gasteiger partial charge in [0.05, 0.1) is 11.6 Å². The predicted molar refractivity (Wildman–Crippen MR) is 132 cm³/mol. The van der Waals surface area contributed by atoms with Gasteiger partial charge in [-0.2, -0.15) is 0 Å². The third-order valence-corrected chi connectivity index (χ3v) is 7.59. The quantitative estimate of drug-likeness (QED) is 0.514. The van der Waals surface area contributed by atoms with Crippen LogP contribution in [-0.4, -0.2) is 55.1 Å². The average molecular weight is 515 g/mol. The van der Waals surface area contributed by atoms with Gasteiger partial charge in [-0.05, 0) is 41.5 Å². The van der Waals surface area contributed by atoms with Crippen LogP contribution in [0, 0.1) is 0 Å². The molecule has 1 saturated heterocycles. The number of carbonyl (C=O) groups is 1. The maximum atomic E-state index is 13.3. The van der Waals surface area contributed by atoms with E-state index in [0.717, 1.165) is 17.4 Å². The van der Waals surface area contributed by atoms with Crippen LogP contribution < -0.4 is 10.3 Å². The molecule has 1 aliphatic rings. The Bertz CT molecular complexity index is 1410. The van der Waals surface area contributed by atoms with E-state index < -0.39 is 28.2 Å². The summed E-state index contributed by atoms with van der Waals surface area (Å²) >= 11 is 0. The van der Waals surface area contributed by atoms with Crippen molar-refractivity contribution in [2.75, 3.05) is 26.0 Å². The van der Waals surface area contributed by atoms with Gasteiger partial charge in [0.15, 0.2) is 9.84 Å². The second-order valence-corrected chi connectivity index (χ2v) is 10.8. The number of alkyl halides is 1. The zero-order valence-electron chi connectivity index (χ0n) is 19.8. The lowest BCUT2D eigenvalue weighted by molar-refractivity contribution is 0.000334. The second-order valence-electron chi connectivity index (χ2n) is 8.80. The van der Waals surface area contributed by atoms with Crippen LogP contribution in [0.25, 0.3) is 5.69 Å². The first-order valence-corrected chi connectivity index (χ1v) is 13.4. The first-order valence-electron chi connectivity index (χ1n) is 11.5. The Hall–Kier alpha value is -3.66. The molecule has 0 radical (unpaired) electrons. The lowest BCUT2D eigenvalue weighted by atomic mass is 9.81. The van der Waals surface area contributed by atoms with E-state index in [1.807, 2.05) is 24.3 Å². The highest BCUT2D eigenvalue weighted by Crippen LogP contribution is 2.39. The molecule has 0 spiro atoms. The van der Waals surface area contributed by atoms with Crippen molar-refractivity contribution in [2.45, 2.75) is 29.8 Å². The summed E-state index contributed by atoms with van der Waals surface area (Å²) in [6.07, 6.45) is 2.54. The van der Waals surface area contributed by atoms with Crippen LogP contribution in [-0.2, 0) is 21.9 Å². The number of hydrogen-bond acceptors (Lipinski definition) is 5. The van der Waals surface area contributed by atoms with Crippen LogP contribution in [0.3, 0.4) is 0 Å². The Labute approximate surface area is 208 Å². The molecule has 0 bridgehead atoms. The van der Waals surface area contributed by atoms with E-state index in [2.05, 4.69) is 0 Å². The van der Waals surface area contributed by atoms with E-state index in [9.17, 15) is 27.5 Å². The minimum absolute atomic E-state index is 0.154. The molecule has 4 rings (SSSR count). The average Bonchev–Trinajstić information content (AvgIpc) is 2.84. The molecule has 1 aromatic heterocycles. The number of benzene rings is 2. The van der Waals surface area contributed by atoms with E-state index in [0.29, 0.717) is 24.3 Å². The van der Waals surface area contributed by atoms with Crippen LogP contribution in [0.4, 0.5) is 9.18 Å². The SMILES string of the molecule is CS(=O)(=O)c1ccc(-n2ccc(OC3(c4ccccc4CCF)CCN(C(=O)O)CC3)cc2=O)cc1. The molecule has 0 unspecified atom stereocenters. The van der Waals surface area contributed by atoms with E-state index >= 15 is 0 Å². The number of aromatic nitrogens is 1. The van der Waals surface area contributed by atoms with Gasteiger partial charge in [-0.25, -0.2) is 13.2 Å². The zero-order valence-corrected chi connectivity index (χ0v) is 20.6. The summed E-state index contributed by atoms with van der Waals surface area (Å²) in [5.74, 6) is 0.308. The van der Waals surface area contributed by atoms with E-state index in [-0.39, 0.29) is 30.0 Å². The monoisotopic (exact) mass is 514 g/mol. The highest BCUT2D eigenvalue weighted by atomic mass is 32.2. The van der Waals surface area contributed by atoms with Crippen LogP contribution >= 0.6 is 0 Å². The highest BCUT2D eigenvalue weighted by molar-refractivity contribution is 7.90. The fraction of sp³-hybridized carbons (Fsp3) is 0.308. The fourth-order valence-corrected chi connectivity index (χ4v) is 5.22. The molecule has 8 nitrogen and oxygen atoms in total. The minimum atomic E-state index is -3.36. The van der Waals surface area contributed by atoms with Crippen LogP contribution in [0.15, 0.2) is 76.6 Å². The molecule has 190 valence electrons. The van der Waals surface area contributed by atoms with Gasteiger partial charge < -0.3 is 14.7 Å². The molecule has 36 heavy (non-hydrogen) atoms. The smallest absolute Gasteiger partial charge is 0.407 e. The van der Waals surface area contributed by atoms with Crippen molar-refractivity contribution in [3.63, 3.8) is 0 Å². The third-order valence-electron chi connectivity index (χ3n) is 6.46. The van der Waals surface area contributed by atoms with Crippen molar-refractivity contribution in [3.8, 4) is 11.4 Å². The Kier molecular flexibility index (Phi) is 7.16. The summed E-state index contributed by atoms with van der Waals surface area (Å²) in [7, 11) is -3.36. The van der Waals surface area contributed by atoms with E-state index in [1.165, 1.54) is 27.7 Å². The van der Waals surface area contributed by atoms with Gasteiger partial charge in [0.1, 0.15) is 11.4 Å². The summed E-state index contributed by atoms with van der Waals surface area (Å²) in [4.78, 5) is 25.9. The number of ether oxygens (including phenoxy) is 1. The molecular formula is C26H27FN2O6S. The maximum Gasteiger partial charge on any atom is 0.407 e. The van der Waals surface area contributed by atoms with Crippen LogP contribution in [0.1, 0.15) is 24.0 Å². The molecule has 3 aromatic rings. The molecule has 0 aliphatic carbocycles. The lowest BCUT2D eigenvalue weighted by Crippen LogP contribution is -2.48. The number of carboxylic acid groups (broad SMARTS) is 1. The zero-order chi connectivity index (χ0) is 25.9. The topological polar surface area (TPSA) is 106 Å². The molecule has 1 N–H and O–H groups in total. The third kappa shape index (κ3) is 5.28.